The third-order valence-electron chi connectivity index (χ3n) is 2.88. The summed E-state index contributed by atoms with van der Waals surface area (Å²) < 4.78 is 11.0. The Labute approximate surface area is 108 Å². The zero-order chi connectivity index (χ0) is 12.6. The molecule has 0 saturated carbocycles. The van der Waals surface area contributed by atoms with Gasteiger partial charge >= 0.3 is 0 Å². The summed E-state index contributed by atoms with van der Waals surface area (Å²) in [7, 11) is 0. The summed E-state index contributed by atoms with van der Waals surface area (Å²) in [6.45, 7) is 8.96. The Morgan fingerprint density at radius 3 is 3.00 bits per heavy atom. The SMILES string of the molecule is C=CNc1cccc(OCCN2CCOCC2)c1. The Balaban J connectivity index is 1.75. The zero-order valence-corrected chi connectivity index (χ0v) is 10.6. The van der Waals surface area contributed by atoms with E-state index >= 15 is 0 Å². The van der Waals surface area contributed by atoms with Crippen molar-refractivity contribution in [1.29, 1.82) is 0 Å². The molecule has 0 amide bonds. The summed E-state index contributed by atoms with van der Waals surface area (Å²) >= 11 is 0. The number of nitrogens with zero attached hydrogens (tertiary/aromatic N) is 1. The maximum atomic E-state index is 5.74. The van der Waals surface area contributed by atoms with E-state index in [1.54, 1.807) is 6.20 Å². The molecule has 0 aromatic heterocycles. The number of anilines is 1. The lowest BCUT2D eigenvalue weighted by molar-refractivity contribution is 0.0322. The predicted molar refractivity (Wildman–Crippen MR) is 73.0 cm³/mol. The molecule has 1 aromatic rings. The Morgan fingerprint density at radius 1 is 1.39 bits per heavy atom. The number of benzene rings is 1. The van der Waals surface area contributed by atoms with Crippen molar-refractivity contribution in [3.63, 3.8) is 0 Å². The Hall–Kier alpha value is -1.52. The zero-order valence-electron chi connectivity index (χ0n) is 10.6. The van der Waals surface area contributed by atoms with Crippen LogP contribution in [-0.2, 0) is 4.74 Å². The molecule has 1 N–H and O–H groups in total. The standard InChI is InChI=1S/C14H20N2O2/c1-2-15-13-4-3-5-14(12-13)18-11-8-16-6-9-17-10-7-16/h2-5,12,15H,1,6-11H2. The van der Waals surface area contributed by atoms with Crippen molar-refractivity contribution in [1.82, 2.24) is 4.90 Å². The predicted octanol–water partition coefficient (Wildman–Crippen LogP) is 1.95. The maximum absolute atomic E-state index is 5.74. The van der Waals surface area contributed by atoms with Crippen LogP contribution in [0, 0.1) is 0 Å². The van der Waals surface area contributed by atoms with Crippen LogP contribution in [0.2, 0.25) is 0 Å². The Bertz CT molecular complexity index is 376. The fraction of sp³-hybridized carbons (Fsp3) is 0.429. The van der Waals surface area contributed by atoms with Crippen LogP contribution in [0.5, 0.6) is 5.75 Å². The third kappa shape index (κ3) is 4.05. The number of hydrogen-bond acceptors (Lipinski definition) is 4. The van der Waals surface area contributed by atoms with Gasteiger partial charge < -0.3 is 14.8 Å². The average molecular weight is 248 g/mol. The van der Waals surface area contributed by atoms with Crippen molar-refractivity contribution in [2.24, 2.45) is 0 Å². The van der Waals surface area contributed by atoms with Crippen molar-refractivity contribution in [3.05, 3.63) is 37.0 Å². The highest BCUT2D eigenvalue weighted by molar-refractivity contribution is 5.49. The second-order valence-electron chi connectivity index (χ2n) is 4.18. The van der Waals surface area contributed by atoms with E-state index in [1.165, 1.54) is 0 Å². The molecular formula is C14H20N2O2. The highest BCUT2D eigenvalue weighted by Crippen LogP contribution is 2.17. The lowest BCUT2D eigenvalue weighted by Gasteiger charge is -2.26. The summed E-state index contributed by atoms with van der Waals surface area (Å²) in [5.41, 5.74) is 0.994. The summed E-state index contributed by atoms with van der Waals surface area (Å²) in [4.78, 5) is 2.36. The van der Waals surface area contributed by atoms with Crippen molar-refractivity contribution in [2.75, 3.05) is 44.8 Å². The first-order valence-electron chi connectivity index (χ1n) is 6.29. The normalized spacial score (nSPS) is 16.2. The second kappa shape index (κ2) is 7.03. The lowest BCUT2D eigenvalue weighted by Crippen LogP contribution is -2.38. The van der Waals surface area contributed by atoms with Gasteiger partial charge in [0.2, 0.25) is 0 Å². The molecule has 0 bridgehead atoms. The number of nitrogens with one attached hydrogen (secondary N) is 1. The van der Waals surface area contributed by atoms with Crippen LogP contribution in [0.25, 0.3) is 0 Å². The molecule has 4 nitrogen and oxygen atoms in total. The van der Waals surface area contributed by atoms with Gasteiger partial charge in [-0.1, -0.05) is 12.6 Å². The molecule has 98 valence electrons. The Morgan fingerprint density at radius 2 is 2.22 bits per heavy atom. The average Bonchev–Trinajstić information content (AvgIpc) is 2.41. The first kappa shape index (κ1) is 12.9. The van der Waals surface area contributed by atoms with Gasteiger partial charge in [0.15, 0.2) is 0 Å². The van der Waals surface area contributed by atoms with Gasteiger partial charge in [0.25, 0.3) is 0 Å². The molecule has 4 heteroatoms. The molecule has 1 fully saturated rings. The fourth-order valence-electron chi connectivity index (χ4n) is 1.91. The molecule has 1 aliphatic rings. The monoisotopic (exact) mass is 248 g/mol. The second-order valence-corrected chi connectivity index (χ2v) is 4.18. The summed E-state index contributed by atoms with van der Waals surface area (Å²) in [5, 5.41) is 3.04. The molecule has 1 saturated heterocycles. The molecule has 0 radical (unpaired) electrons. The maximum Gasteiger partial charge on any atom is 0.121 e. The van der Waals surface area contributed by atoms with E-state index in [0.29, 0.717) is 6.61 Å². The first-order chi connectivity index (χ1) is 8.88. The van der Waals surface area contributed by atoms with Crippen LogP contribution in [0.3, 0.4) is 0 Å². The highest BCUT2D eigenvalue weighted by Gasteiger charge is 2.09. The summed E-state index contributed by atoms with van der Waals surface area (Å²) in [6, 6.07) is 7.89. The van der Waals surface area contributed by atoms with Gasteiger partial charge in [0, 0.05) is 31.4 Å². The van der Waals surface area contributed by atoms with E-state index in [-0.39, 0.29) is 0 Å². The van der Waals surface area contributed by atoms with Gasteiger partial charge in [-0.2, -0.15) is 0 Å². The molecule has 2 rings (SSSR count). The minimum absolute atomic E-state index is 0.706. The summed E-state index contributed by atoms with van der Waals surface area (Å²) in [6.07, 6.45) is 1.66. The van der Waals surface area contributed by atoms with E-state index in [2.05, 4.69) is 16.8 Å². The van der Waals surface area contributed by atoms with E-state index in [9.17, 15) is 0 Å². The summed E-state index contributed by atoms with van der Waals surface area (Å²) in [5.74, 6) is 0.884. The molecule has 0 aliphatic carbocycles. The molecule has 1 aliphatic heterocycles. The van der Waals surface area contributed by atoms with E-state index in [1.807, 2.05) is 24.3 Å². The number of morpholine rings is 1. The van der Waals surface area contributed by atoms with Gasteiger partial charge in [-0.15, -0.1) is 0 Å². The number of ether oxygens (including phenoxy) is 2. The highest BCUT2D eigenvalue weighted by atomic mass is 16.5. The minimum Gasteiger partial charge on any atom is -0.492 e. The smallest absolute Gasteiger partial charge is 0.121 e. The van der Waals surface area contributed by atoms with Gasteiger partial charge in [0.05, 0.1) is 13.2 Å². The minimum atomic E-state index is 0.706. The molecule has 18 heavy (non-hydrogen) atoms. The Kier molecular flexibility index (Phi) is 5.05. The van der Waals surface area contributed by atoms with Gasteiger partial charge in [-0.05, 0) is 18.3 Å². The van der Waals surface area contributed by atoms with Gasteiger partial charge in [0.1, 0.15) is 12.4 Å². The quantitative estimate of drug-likeness (QED) is 0.834. The van der Waals surface area contributed by atoms with Crippen LogP contribution in [0.15, 0.2) is 37.0 Å². The van der Waals surface area contributed by atoms with Crippen LogP contribution in [-0.4, -0.2) is 44.4 Å². The molecular weight excluding hydrogens is 228 g/mol. The van der Waals surface area contributed by atoms with E-state index in [0.717, 1.165) is 44.3 Å². The van der Waals surface area contributed by atoms with Crippen LogP contribution >= 0.6 is 0 Å². The number of hydrogen-bond donors (Lipinski definition) is 1. The van der Waals surface area contributed by atoms with Crippen LogP contribution in [0.1, 0.15) is 0 Å². The molecule has 0 unspecified atom stereocenters. The lowest BCUT2D eigenvalue weighted by atomic mass is 10.3. The van der Waals surface area contributed by atoms with Crippen molar-refractivity contribution in [2.45, 2.75) is 0 Å². The molecule has 0 atom stereocenters. The topological polar surface area (TPSA) is 33.7 Å². The molecule has 0 spiro atoms. The van der Waals surface area contributed by atoms with Crippen LogP contribution < -0.4 is 10.1 Å². The number of rotatable bonds is 6. The van der Waals surface area contributed by atoms with Crippen molar-refractivity contribution in [3.8, 4) is 5.75 Å². The first-order valence-corrected chi connectivity index (χ1v) is 6.29. The molecule has 1 aromatic carbocycles. The van der Waals surface area contributed by atoms with Crippen molar-refractivity contribution >= 4 is 5.69 Å². The largest absolute Gasteiger partial charge is 0.492 e. The van der Waals surface area contributed by atoms with E-state index < -0.39 is 0 Å². The van der Waals surface area contributed by atoms with Crippen molar-refractivity contribution < 1.29 is 9.47 Å². The van der Waals surface area contributed by atoms with Crippen LogP contribution in [0.4, 0.5) is 5.69 Å². The fourth-order valence-corrected chi connectivity index (χ4v) is 1.91. The van der Waals surface area contributed by atoms with E-state index in [4.69, 9.17) is 9.47 Å². The third-order valence-corrected chi connectivity index (χ3v) is 2.88. The molecule has 1 heterocycles. The van der Waals surface area contributed by atoms with Gasteiger partial charge in [-0.25, -0.2) is 0 Å². The van der Waals surface area contributed by atoms with Gasteiger partial charge in [-0.3, -0.25) is 4.90 Å².